The molecule has 7 rings (SSSR count). The molecule has 51 heavy (non-hydrogen) atoms. The summed E-state index contributed by atoms with van der Waals surface area (Å²) in [6.45, 7) is 3.33. The number of nitrogens with one attached hydrogen (secondary N) is 4. The summed E-state index contributed by atoms with van der Waals surface area (Å²) in [6.07, 6.45) is 0.630. The first-order valence-corrected chi connectivity index (χ1v) is 16.7. The van der Waals surface area contributed by atoms with Gasteiger partial charge in [-0.25, -0.2) is 9.97 Å². The summed E-state index contributed by atoms with van der Waals surface area (Å²) in [6, 6.07) is 17.5. The summed E-state index contributed by atoms with van der Waals surface area (Å²) in [4.78, 5) is 42.0. The van der Waals surface area contributed by atoms with E-state index in [1.807, 2.05) is 30.7 Å². The van der Waals surface area contributed by atoms with Gasteiger partial charge in [-0.15, -0.1) is 0 Å². The number of aryl methyl sites for hydroxylation is 2. The highest BCUT2D eigenvalue weighted by Gasteiger charge is 2.26. The first-order chi connectivity index (χ1) is 24.3. The average molecular weight is 771 g/mol. The summed E-state index contributed by atoms with van der Waals surface area (Å²) in [5.41, 5.74) is 16.9. The van der Waals surface area contributed by atoms with Gasteiger partial charge in [0.05, 0.1) is 76.5 Å². The van der Waals surface area contributed by atoms with Crippen LogP contribution >= 0.6 is 46.4 Å². The number of primary amides is 1. The van der Waals surface area contributed by atoms with Crippen LogP contribution in [0.1, 0.15) is 34.6 Å². The zero-order valence-electron chi connectivity index (χ0n) is 27.6. The number of rotatable bonds is 5. The highest BCUT2D eigenvalue weighted by atomic mass is 35.5. The number of nitrogen functional groups attached to an aromatic ring is 1. The summed E-state index contributed by atoms with van der Waals surface area (Å²) in [7, 11) is 3.59. The van der Waals surface area contributed by atoms with Gasteiger partial charge in [-0.2, -0.15) is 0 Å². The lowest BCUT2D eigenvalue weighted by Gasteiger charge is -2.25. The van der Waals surface area contributed by atoms with Gasteiger partial charge in [0.1, 0.15) is 6.29 Å². The van der Waals surface area contributed by atoms with E-state index in [0.29, 0.717) is 71.2 Å². The number of fused-ring (bicyclic) bond motifs is 4. The Balaban J connectivity index is 0.000000184. The molecule has 0 saturated carbocycles. The van der Waals surface area contributed by atoms with E-state index in [1.165, 1.54) is 6.92 Å². The number of imidazole rings is 2. The van der Waals surface area contributed by atoms with Crippen LogP contribution in [-0.4, -0.2) is 43.4 Å². The Morgan fingerprint density at radius 3 is 1.75 bits per heavy atom. The summed E-state index contributed by atoms with van der Waals surface area (Å²) < 4.78 is 3.51. The average Bonchev–Trinajstić information content (AvgIpc) is 3.56. The van der Waals surface area contributed by atoms with Crippen LogP contribution in [0.25, 0.3) is 22.1 Å². The predicted molar refractivity (Wildman–Crippen MR) is 206 cm³/mol. The largest absolute Gasteiger partial charge is 0.398 e. The number of hydrogen-bond donors (Lipinski definition) is 6. The smallest absolute Gasteiger partial charge is 0.257 e. The van der Waals surface area contributed by atoms with Crippen LogP contribution in [-0.2, 0) is 18.9 Å². The fraction of sp³-hybridized carbons (Fsp3) is 0.147. The number of para-hydroxylation sites is 2. The lowest BCUT2D eigenvalue weighted by atomic mass is 10.1. The molecule has 0 radical (unpaired) electrons. The fourth-order valence-corrected chi connectivity index (χ4v) is 6.44. The van der Waals surface area contributed by atoms with Crippen molar-refractivity contribution < 1.29 is 14.4 Å². The molecule has 13 nitrogen and oxygen atoms in total. The van der Waals surface area contributed by atoms with Gasteiger partial charge in [-0.3, -0.25) is 9.59 Å². The van der Waals surface area contributed by atoms with Crippen LogP contribution in [0.2, 0.25) is 20.1 Å². The van der Waals surface area contributed by atoms with E-state index in [2.05, 4.69) is 31.2 Å². The van der Waals surface area contributed by atoms with Crippen LogP contribution in [0, 0.1) is 0 Å². The third kappa shape index (κ3) is 7.47. The standard InChI is InChI=1S/C17H15Cl2N5O.C15H13Cl2N5O.C2H4O/c1-8-20-11-6-7-12-15(13(11)16(25)21-8)24(2)17(22-12)23-14-9(18)4-3-5-10(14)19;1-22-13-10(6-5-9(18)11(13)14(19)23)20-15(22)21-12-7(16)3-2-4-8(12)17;1-2-3/h3-8,20H,1-2H3,(H,21,25)(H,22,23);2-6H,18H2,1H3,(H2,19,23)(H,20,21);2H,1H3. The molecule has 264 valence electrons. The van der Waals surface area contributed by atoms with Gasteiger partial charge in [0.2, 0.25) is 11.9 Å². The summed E-state index contributed by atoms with van der Waals surface area (Å²) in [5.74, 6) is 0.267. The first kappa shape index (κ1) is 37.1. The number of amides is 2. The van der Waals surface area contributed by atoms with E-state index < -0.39 is 5.91 Å². The topological polar surface area (TPSA) is 187 Å². The Hall–Kier alpha value is -5.21. The number of aromatic nitrogens is 4. The minimum Gasteiger partial charge on any atom is -0.398 e. The number of nitrogens with zero attached hydrogens (tertiary/aromatic N) is 4. The van der Waals surface area contributed by atoms with Crippen molar-refractivity contribution in [2.45, 2.75) is 20.0 Å². The second-order valence-electron chi connectivity index (χ2n) is 11.1. The van der Waals surface area contributed by atoms with E-state index in [0.717, 1.165) is 17.5 Å². The van der Waals surface area contributed by atoms with Crippen molar-refractivity contribution in [3.8, 4) is 0 Å². The van der Waals surface area contributed by atoms with Crippen LogP contribution in [0.4, 0.5) is 34.6 Å². The monoisotopic (exact) mass is 768 g/mol. The maximum absolute atomic E-state index is 12.5. The molecule has 2 amide bonds. The normalized spacial score (nSPS) is 13.2. The van der Waals surface area contributed by atoms with Gasteiger partial charge in [-0.1, -0.05) is 58.5 Å². The van der Waals surface area contributed by atoms with Crippen molar-refractivity contribution >= 4 is 121 Å². The number of hydrogen-bond acceptors (Lipinski definition) is 9. The summed E-state index contributed by atoms with van der Waals surface area (Å²) >= 11 is 24.8. The third-order valence-corrected chi connectivity index (χ3v) is 8.96. The molecular weight excluding hydrogens is 738 g/mol. The van der Waals surface area contributed by atoms with Crippen molar-refractivity contribution in [2.24, 2.45) is 19.8 Å². The van der Waals surface area contributed by atoms with Gasteiger partial charge in [0, 0.05) is 19.8 Å². The molecular formula is C34H32Cl4N10O3. The second-order valence-corrected chi connectivity index (χ2v) is 12.8. The van der Waals surface area contributed by atoms with Crippen molar-refractivity contribution in [3.05, 3.63) is 91.9 Å². The lowest BCUT2D eigenvalue weighted by molar-refractivity contribution is -0.106. The molecule has 1 aliphatic rings. The molecule has 8 N–H and O–H groups in total. The number of nitrogens with two attached hydrogens (primary N) is 2. The third-order valence-electron chi connectivity index (χ3n) is 7.70. The number of carbonyl (C=O) groups is 3. The first-order valence-electron chi connectivity index (χ1n) is 15.2. The Morgan fingerprint density at radius 1 is 0.804 bits per heavy atom. The number of anilines is 6. The van der Waals surface area contributed by atoms with Crippen LogP contribution in [0.5, 0.6) is 0 Å². The maximum Gasteiger partial charge on any atom is 0.257 e. The number of halogens is 4. The van der Waals surface area contributed by atoms with Crippen molar-refractivity contribution in [1.29, 1.82) is 0 Å². The van der Waals surface area contributed by atoms with E-state index in [1.54, 1.807) is 60.1 Å². The molecule has 6 aromatic rings. The van der Waals surface area contributed by atoms with Crippen LogP contribution in [0.3, 0.4) is 0 Å². The zero-order chi connectivity index (χ0) is 37.1. The predicted octanol–water partition coefficient (Wildman–Crippen LogP) is 7.64. The highest BCUT2D eigenvalue weighted by molar-refractivity contribution is 6.40. The van der Waals surface area contributed by atoms with Gasteiger partial charge in [0.25, 0.3) is 11.8 Å². The minimum atomic E-state index is -0.613. The zero-order valence-corrected chi connectivity index (χ0v) is 30.6. The maximum atomic E-state index is 12.5. The van der Waals surface area contributed by atoms with Gasteiger partial charge >= 0.3 is 0 Å². The molecule has 0 fully saturated rings. The molecule has 0 saturated heterocycles. The Bertz CT molecular complexity index is 2280. The van der Waals surface area contributed by atoms with Gasteiger partial charge < -0.3 is 46.7 Å². The van der Waals surface area contributed by atoms with E-state index in [9.17, 15) is 9.59 Å². The molecule has 0 bridgehead atoms. The molecule has 1 unspecified atom stereocenters. The van der Waals surface area contributed by atoms with E-state index >= 15 is 0 Å². The van der Waals surface area contributed by atoms with E-state index in [-0.39, 0.29) is 17.6 Å². The molecule has 0 aliphatic carbocycles. The fourth-order valence-electron chi connectivity index (χ4n) is 5.45. The molecule has 4 aromatic carbocycles. The number of aldehydes is 1. The molecule has 1 atom stereocenters. The highest BCUT2D eigenvalue weighted by Crippen LogP contribution is 2.36. The van der Waals surface area contributed by atoms with E-state index in [4.69, 9.17) is 62.7 Å². The summed E-state index contributed by atoms with van der Waals surface area (Å²) in [5, 5.41) is 14.3. The Morgan fingerprint density at radius 2 is 1.25 bits per heavy atom. The van der Waals surface area contributed by atoms with Gasteiger partial charge in [0.15, 0.2) is 0 Å². The second kappa shape index (κ2) is 15.4. The Labute approximate surface area is 312 Å². The SMILES string of the molecule is CC1NC(=O)c2c(ccc3nc(Nc4c(Cl)cccc4Cl)n(C)c23)N1.CC=O.Cn1c(Nc2c(Cl)cccc2Cl)nc2ccc(N)c(C(N)=O)c21. The molecule has 3 heterocycles. The number of carbonyl (C=O) groups excluding carboxylic acids is 3. The lowest BCUT2D eigenvalue weighted by Crippen LogP contribution is -2.43. The molecule has 1 aliphatic heterocycles. The Kier molecular flexibility index (Phi) is 11.2. The quantitative estimate of drug-likeness (QED) is 0.0757. The van der Waals surface area contributed by atoms with Crippen LogP contribution in [0.15, 0.2) is 60.7 Å². The minimum absolute atomic E-state index is 0.120. The molecule has 2 aromatic heterocycles. The van der Waals surface area contributed by atoms with Gasteiger partial charge in [-0.05, 0) is 62.4 Å². The van der Waals surface area contributed by atoms with Crippen molar-refractivity contribution in [2.75, 3.05) is 21.7 Å². The molecule has 0 spiro atoms. The molecule has 17 heteroatoms. The van der Waals surface area contributed by atoms with Crippen molar-refractivity contribution in [1.82, 2.24) is 24.4 Å². The number of benzene rings is 4. The van der Waals surface area contributed by atoms with Crippen molar-refractivity contribution in [3.63, 3.8) is 0 Å². The van der Waals surface area contributed by atoms with Crippen LogP contribution < -0.4 is 32.7 Å².